The Hall–Kier alpha value is -2.46. The standard InChI is InChI=1S/C12H9N5OS/c1-7-14-9(6-19-7)4-11-16-12(18-17-11)10-3-2-8(5-13)15-10/h2-3,6,15H,4H2,1H3. The second-order valence-corrected chi connectivity index (χ2v) is 5.01. The molecule has 3 aromatic heterocycles. The molecule has 0 aliphatic heterocycles. The molecule has 3 aromatic rings. The topological polar surface area (TPSA) is 91.4 Å². The largest absolute Gasteiger partial charge is 0.342 e. The van der Waals surface area contributed by atoms with E-state index in [2.05, 4.69) is 20.1 Å². The zero-order valence-corrected chi connectivity index (χ0v) is 10.9. The highest BCUT2D eigenvalue weighted by Gasteiger charge is 2.12. The molecule has 0 spiro atoms. The van der Waals surface area contributed by atoms with Gasteiger partial charge in [0.25, 0.3) is 5.89 Å². The molecule has 0 saturated heterocycles. The van der Waals surface area contributed by atoms with Crippen LogP contribution < -0.4 is 0 Å². The molecule has 1 N–H and O–H groups in total. The first kappa shape index (κ1) is 11.6. The zero-order chi connectivity index (χ0) is 13.2. The Morgan fingerprint density at radius 2 is 2.32 bits per heavy atom. The number of aromatic amines is 1. The number of H-pyrrole nitrogens is 1. The zero-order valence-electron chi connectivity index (χ0n) is 10.0. The van der Waals surface area contributed by atoms with Crippen LogP contribution in [-0.2, 0) is 6.42 Å². The van der Waals surface area contributed by atoms with E-state index in [9.17, 15) is 0 Å². The van der Waals surface area contributed by atoms with Gasteiger partial charge in [-0.05, 0) is 19.1 Å². The van der Waals surface area contributed by atoms with Gasteiger partial charge < -0.3 is 9.51 Å². The SMILES string of the molecule is Cc1nc(Cc2noc(-c3ccc(C#N)[nH]3)n2)cs1. The van der Waals surface area contributed by atoms with Crippen LogP contribution in [0, 0.1) is 18.3 Å². The Kier molecular flexibility index (Phi) is 2.85. The van der Waals surface area contributed by atoms with Crippen LogP contribution in [0.2, 0.25) is 0 Å². The number of nitrogens with one attached hydrogen (secondary N) is 1. The first-order chi connectivity index (χ1) is 9.24. The fourth-order valence-corrected chi connectivity index (χ4v) is 2.28. The van der Waals surface area contributed by atoms with Gasteiger partial charge in [0.15, 0.2) is 5.82 Å². The van der Waals surface area contributed by atoms with Crippen LogP contribution in [0.3, 0.4) is 0 Å². The normalized spacial score (nSPS) is 10.5. The van der Waals surface area contributed by atoms with Crippen molar-refractivity contribution in [2.75, 3.05) is 0 Å². The number of hydrogen-bond donors (Lipinski definition) is 1. The molecule has 0 atom stereocenters. The second kappa shape index (κ2) is 4.66. The third-order valence-corrected chi connectivity index (χ3v) is 3.33. The van der Waals surface area contributed by atoms with Crippen molar-refractivity contribution < 1.29 is 4.52 Å². The number of nitriles is 1. The summed E-state index contributed by atoms with van der Waals surface area (Å²) >= 11 is 1.59. The number of rotatable bonds is 3. The van der Waals surface area contributed by atoms with E-state index in [-0.39, 0.29) is 0 Å². The lowest BCUT2D eigenvalue weighted by Crippen LogP contribution is -1.91. The lowest BCUT2D eigenvalue weighted by atomic mass is 10.3. The maximum atomic E-state index is 8.75. The first-order valence-corrected chi connectivity index (χ1v) is 6.45. The highest BCUT2D eigenvalue weighted by molar-refractivity contribution is 7.09. The molecule has 0 aliphatic rings. The molecule has 0 unspecified atom stereocenters. The molecule has 0 aliphatic carbocycles. The minimum atomic E-state index is 0.378. The molecule has 0 radical (unpaired) electrons. The Bertz CT molecular complexity index is 748. The summed E-state index contributed by atoms with van der Waals surface area (Å²) in [5.41, 5.74) is 2.04. The Labute approximate surface area is 112 Å². The van der Waals surface area contributed by atoms with Gasteiger partial charge in [0, 0.05) is 5.38 Å². The van der Waals surface area contributed by atoms with Crippen molar-refractivity contribution in [1.29, 1.82) is 5.26 Å². The summed E-state index contributed by atoms with van der Waals surface area (Å²) in [5, 5.41) is 15.6. The van der Waals surface area contributed by atoms with Gasteiger partial charge in [-0.25, -0.2) is 4.98 Å². The van der Waals surface area contributed by atoms with E-state index in [4.69, 9.17) is 9.78 Å². The summed E-state index contributed by atoms with van der Waals surface area (Å²) in [6, 6.07) is 5.42. The lowest BCUT2D eigenvalue weighted by Gasteiger charge is -1.87. The molecule has 0 fully saturated rings. The molecule has 0 aromatic carbocycles. The quantitative estimate of drug-likeness (QED) is 0.789. The van der Waals surface area contributed by atoms with Crippen molar-refractivity contribution in [2.24, 2.45) is 0 Å². The lowest BCUT2D eigenvalue weighted by molar-refractivity contribution is 0.422. The van der Waals surface area contributed by atoms with E-state index >= 15 is 0 Å². The molecule has 3 rings (SSSR count). The van der Waals surface area contributed by atoms with Crippen molar-refractivity contribution in [3.63, 3.8) is 0 Å². The summed E-state index contributed by atoms with van der Waals surface area (Å²) in [5.74, 6) is 0.955. The van der Waals surface area contributed by atoms with Crippen molar-refractivity contribution >= 4 is 11.3 Å². The molecule has 0 bridgehead atoms. The Morgan fingerprint density at radius 3 is 3.00 bits per heavy atom. The van der Waals surface area contributed by atoms with Gasteiger partial charge in [-0.15, -0.1) is 11.3 Å². The second-order valence-electron chi connectivity index (χ2n) is 3.95. The van der Waals surface area contributed by atoms with E-state index in [1.807, 2.05) is 18.4 Å². The minimum Gasteiger partial charge on any atom is -0.342 e. The van der Waals surface area contributed by atoms with Crippen molar-refractivity contribution in [3.05, 3.63) is 39.7 Å². The maximum Gasteiger partial charge on any atom is 0.274 e. The van der Waals surface area contributed by atoms with Gasteiger partial charge >= 0.3 is 0 Å². The summed E-state index contributed by atoms with van der Waals surface area (Å²) in [7, 11) is 0. The van der Waals surface area contributed by atoms with Crippen LogP contribution in [0.4, 0.5) is 0 Å². The molecule has 94 valence electrons. The number of thiazole rings is 1. The predicted molar refractivity (Wildman–Crippen MR) is 68.5 cm³/mol. The van der Waals surface area contributed by atoms with Gasteiger partial charge in [0.05, 0.1) is 17.1 Å². The summed E-state index contributed by atoms with van der Waals surface area (Å²) in [6.45, 7) is 1.96. The third kappa shape index (κ3) is 2.39. The third-order valence-electron chi connectivity index (χ3n) is 2.51. The van der Waals surface area contributed by atoms with Gasteiger partial charge in [0.2, 0.25) is 0 Å². The van der Waals surface area contributed by atoms with Gasteiger partial charge in [-0.2, -0.15) is 10.2 Å². The summed E-state index contributed by atoms with van der Waals surface area (Å²) < 4.78 is 5.16. The van der Waals surface area contributed by atoms with E-state index in [0.29, 0.717) is 29.5 Å². The molecule has 19 heavy (non-hydrogen) atoms. The van der Waals surface area contributed by atoms with Crippen LogP contribution in [0.15, 0.2) is 22.0 Å². The van der Waals surface area contributed by atoms with Crippen molar-refractivity contribution in [3.8, 4) is 17.7 Å². The van der Waals surface area contributed by atoms with E-state index < -0.39 is 0 Å². The average molecular weight is 271 g/mol. The maximum absolute atomic E-state index is 8.75. The molecular weight excluding hydrogens is 262 g/mol. The van der Waals surface area contributed by atoms with Crippen LogP contribution in [-0.4, -0.2) is 20.1 Å². The molecular formula is C12H9N5OS. The van der Waals surface area contributed by atoms with Gasteiger partial charge in [0.1, 0.15) is 17.5 Å². The monoisotopic (exact) mass is 271 g/mol. The summed E-state index contributed by atoms with van der Waals surface area (Å²) in [6.07, 6.45) is 0.541. The highest BCUT2D eigenvalue weighted by Crippen LogP contribution is 2.17. The van der Waals surface area contributed by atoms with Gasteiger partial charge in [-0.1, -0.05) is 5.16 Å². The van der Waals surface area contributed by atoms with Crippen molar-refractivity contribution in [1.82, 2.24) is 20.1 Å². The smallest absolute Gasteiger partial charge is 0.274 e. The molecule has 3 heterocycles. The molecule has 6 nitrogen and oxygen atoms in total. The van der Waals surface area contributed by atoms with E-state index in [1.165, 1.54) is 0 Å². The van der Waals surface area contributed by atoms with Gasteiger partial charge in [-0.3, -0.25) is 0 Å². The minimum absolute atomic E-state index is 0.378. The van der Waals surface area contributed by atoms with E-state index in [1.54, 1.807) is 23.5 Å². The van der Waals surface area contributed by atoms with Crippen LogP contribution in [0.25, 0.3) is 11.6 Å². The fraction of sp³-hybridized carbons (Fsp3) is 0.167. The average Bonchev–Trinajstić information content (AvgIpc) is 3.10. The van der Waals surface area contributed by atoms with Crippen LogP contribution in [0.5, 0.6) is 0 Å². The Balaban J connectivity index is 1.81. The number of aryl methyl sites for hydroxylation is 1. The van der Waals surface area contributed by atoms with E-state index in [0.717, 1.165) is 10.7 Å². The van der Waals surface area contributed by atoms with Crippen LogP contribution in [0.1, 0.15) is 22.2 Å². The van der Waals surface area contributed by atoms with Crippen molar-refractivity contribution in [2.45, 2.75) is 13.3 Å². The number of nitrogens with zero attached hydrogens (tertiary/aromatic N) is 4. The molecule has 0 amide bonds. The fourth-order valence-electron chi connectivity index (χ4n) is 1.67. The number of hydrogen-bond acceptors (Lipinski definition) is 6. The molecule has 0 saturated carbocycles. The Morgan fingerprint density at radius 1 is 1.42 bits per heavy atom. The molecule has 7 heteroatoms. The van der Waals surface area contributed by atoms with Crippen LogP contribution >= 0.6 is 11.3 Å². The summed E-state index contributed by atoms with van der Waals surface area (Å²) in [4.78, 5) is 11.5. The highest BCUT2D eigenvalue weighted by atomic mass is 32.1. The number of aromatic nitrogens is 4. The predicted octanol–water partition coefficient (Wildman–Crippen LogP) is 2.29. The first-order valence-electron chi connectivity index (χ1n) is 5.57.